The normalized spacial score (nSPS) is 13.2. The number of carbonyl (C=O) groups is 2. The number of amides is 2. The molecule has 1 aliphatic heterocycles. The van der Waals surface area contributed by atoms with Crippen molar-refractivity contribution in [1.82, 2.24) is 14.5 Å². The van der Waals surface area contributed by atoms with Crippen molar-refractivity contribution in [2.75, 3.05) is 37.9 Å². The number of anilines is 2. The van der Waals surface area contributed by atoms with Crippen LogP contribution in [-0.2, 0) is 22.6 Å². The number of aromatic nitrogens is 2. The van der Waals surface area contributed by atoms with Gasteiger partial charge in [0, 0.05) is 30.4 Å². The fourth-order valence-electron chi connectivity index (χ4n) is 3.94. The molecule has 8 nitrogen and oxygen atoms in total. The standard InChI is InChI=1S/C24H29N5O3/c1-16-25-21-13-18(7-9-22(21)29(16)12-4-11-28(2)3)26-24(31)15-32-19-8-5-17-6-10-23(30)27-20(17)14-19/h5,7-9,13-14H,4,6,10-12,15H2,1-3H3,(H,26,31)(H,27,30). The summed E-state index contributed by atoms with van der Waals surface area (Å²) in [5, 5.41) is 5.71. The minimum atomic E-state index is -0.256. The zero-order valence-electron chi connectivity index (χ0n) is 18.8. The number of benzene rings is 2. The highest BCUT2D eigenvalue weighted by atomic mass is 16.5. The van der Waals surface area contributed by atoms with Crippen LogP contribution in [0.2, 0.25) is 0 Å². The Morgan fingerprint density at radius 1 is 1.22 bits per heavy atom. The van der Waals surface area contributed by atoms with Crippen LogP contribution in [0, 0.1) is 6.92 Å². The van der Waals surface area contributed by atoms with Gasteiger partial charge in [0.25, 0.3) is 5.91 Å². The van der Waals surface area contributed by atoms with E-state index in [2.05, 4.69) is 39.2 Å². The molecule has 32 heavy (non-hydrogen) atoms. The second-order valence-electron chi connectivity index (χ2n) is 8.37. The Labute approximate surface area is 187 Å². The van der Waals surface area contributed by atoms with Crippen LogP contribution >= 0.6 is 0 Å². The summed E-state index contributed by atoms with van der Waals surface area (Å²) in [6.07, 6.45) is 2.25. The summed E-state index contributed by atoms with van der Waals surface area (Å²) < 4.78 is 7.84. The van der Waals surface area contributed by atoms with E-state index in [1.165, 1.54) is 0 Å². The third kappa shape index (κ3) is 5.08. The number of carbonyl (C=O) groups excluding carboxylic acids is 2. The third-order valence-corrected chi connectivity index (χ3v) is 5.56. The van der Waals surface area contributed by atoms with Crippen molar-refractivity contribution >= 4 is 34.2 Å². The van der Waals surface area contributed by atoms with Crippen LogP contribution < -0.4 is 15.4 Å². The average Bonchev–Trinajstić information content (AvgIpc) is 3.06. The molecule has 0 atom stereocenters. The first-order valence-electron chi connectivity index (χ1n) is 10.9. The SMILES string of the molecule is Cc1nc2cc(NC(=O)COc3ccc4c(c3)NC(=O)CC4)ccc2n1CCCN(C)C. The van der Waals surface area contributed by atoms with Crippen LogP contribution in [0.5, 0.6) is 5.75 Å². The van der Waals surface area contributed by atoms with Gasteiger partial charge in [-0.05, 0) is 70.2 Å². The summed E-state index contributed by atoms with van der Waals surface area (Å²) >= 11 is 0. The Morgan fingerprint density at radius 3 is 2.88 bits per heavy atom. The van der Waals surface area contributed by atoms with E-state index in [1.807, 2.05) is 37.3 Å². The van der Waals surface area contributed by atoms with Crippen LogP contribution in [0.25, 0.3) is 11.0 Å². The van der Waals surface area contributed by atoms with Crippen LogP contribution in [0.3, 0.4) is 0 Å². The van der Waals surface area contributed by atoms with E-state index in [-0.39, 0.29) is 18.4 Å². The highest BCUT2D eigenvalue weighted by Crippen LogP contribution is 2.27. The summed E-state index contributed by atoms with van der Waals surface area (Å²) in [6, 6.07) is 11.3. The summed E-state index contributed by atoms with van der Waals surface area (Å²) in [6.45, 7) is 3.80. The Balaban J connectivity index is 1.36. The monoisotopic (exact) mass is 435 g/mol. The van der Waals surface area contributed by atoms with Crippen LogP contribution in [0.4, 0.5) is 11.4 Å². The lowest BCUT2D eigenvalue weighted by atomic mass is 10.0. The molecule has 0 unspecified atom stereocenters. The average molecular weight is 436 g/mol. The zero-order valence-corrected chi connectivity index (χ0v) is 18.8. The van der Waals surface area contributed by atoms with Crippen molar-refractivity contribution in [2.24, 2.45) is 0 Å². The molecule has 0 fully saturated rings. The Morgan fingerprint density at radius 2 is 2.06 bits per heavy atom. The molecule has 2 aromatic carbocycles. The van der Waals surface area contributed by atoms with Gasteiger partial charge in [-0.15, -0.1) is 0 Å². The summed E-state index contributed by atoms with van der Waals surface area (Å²) in [4.78, 5) is 30.8. The van der Waals surface area contributed by atoms with E-state index in [0.717, 1.165) is 54.0 Å². The zero-order chi connectivity index (χ0) is 22.7. The molecular weight excluding hydrogens is 406 g/mol. The van der Waals surface area contributed by atoms with Crippen LogP contribution in [0.15, 0.2) is 36.4 Å². The number of hydrogen-bond acceptors (Lipinski definition) is 5. The van der Waals surface area contributed by atoms with Gasteiger partial charge in [-0.1, -0.05) is 6.07 Å². The maximum absolute atomic E-state index is 12.4. The van der Waals surface area contributed by atoms with Gasteiger partial charge in [-0.25, -0.2) is 4.98 Å². The smallest absolute Gasteiger partial charge is 0.262 e. The molecule has 3 aromatic rings. The molecule has 2 N–H and O–H groups in total. The van der Waals surface area contributed by atoms with E-state index >= 15 is 0 Å². The predicted molar refractivity (Wildman–Crippen MR) is 125 cm³/mol. The molecule has 0 radical (unpaired) electrons. The molecule has 8 heteroatoms. The highest BCUT2D eigenvalue weighted by Gasteiger charge is 2.15. The van der Waals surface area contributed by atoms with Gasteiger partial charge in [0.05, 0.1) is 11.0 Å². The maximum Gasteiger partial charge on any atom is 0.262 e. The molecule has 1 aromatic heterocycles. The van der Waals surface area contributed by atoms with E-state index in [9.17, 15) is 9.59 Å². The molecular formula is C24H29N5O3. The molecule has 1 aliphatic rings. The molecule has 0 spiro atoms. The van der Waals surface area contributed by atoms with Gasteiger partial charge < -0.3 is 24.8 Å². The highest BCUT2D eigenvalue weighted by molar-refractivity contribution is 5.95. The van der Waals surface area contributed by atoms with Gasteiger partial charge in [-0.2, -0.15) is 0 Å². The molecule has 168 valence electrons. The minimum absolute atomic E-state index is 0.00170. The third-order valence-electron chi connectivity index (χ3n) is 5.56. The van der Waals surface area contributed by atoms with E-state index < -0.39 is 0 Å². The summed E-state index contributed by atoms with van der Waals surface area (Å²) in [7, 11) is 4.14. The lowest BCUT2D eigenvalue weighted by molar-refractivity contribution is -0.118. The van der Waals surface area contributed by atoms with Crippen molar-refractivity contribution in [2.45, 2.75) is 32.7 Å². The quantitative estimate of drug-likeness (QED) is 0.567. The fraction of sp³-hybridized carbons (Fsp3) is 0.375. The molecule has 0 bridgehead atoms. The Kier molecular flexibility index (Phi) is 6.41. The lowest BCUT2D eigenvalue weighted by Gasteiger charge is -2.17. The minimum Gasteiger partial charge on any atom is -0.484 e. The van der Waals surface area contributed by atoms with E-state index in [0.29, 0.717) is 17.9 Å². The first-order chi connectivity index (χ1) is 15.4. The second kappa shape index (κ2) is 9.40. The predicted octanol–water partition coefficient (Wildman–Crippen LogP) is 3.20. The first kappa shape index (κ1) is 21.8. The van der Waals surface area contributed by atoms with Crippen LogP contribution in [0.1, 0.15) is 24.2 Å². The van der Waals surface area contributed by atoms with Gasteiger partial charge in [0.15, 0.2) is 6.61 Å². The van der Waals surface area contributed by atoms with E-state index in [4.69, 9.17) is 4.74 Å². The Hall–Kier alpha value is -3.39. The number of hydrogen-bond donors (Lipinski definition) is 2. The number of nitrogens with one attached hydrogen (secondary N) is 2. The number of aryl methyl sites for hydroxylation is 3. The van der Waals surface area contributed by atoms with Gasteiger partial charge in [-0.3, -0.25) is 9.59 Å². The number of imidazole rings is 1. The molecule has 4 rings (SSSR count). The van der Waals surface area contributed by atoms with Crippen molar-refractivity contribution in [1.29, 1.82) is 0 Å². The molecule has 2 heterocycles. The topological polar surface area (TPSA) is 88.5 Å². The van der Waals surface area contributed by atoms with Crippen molar-refractivity contribution in [3.05, 3.63) is 47.8 Å². The largest absolute Gasteiger partial charge is 0.484 e. The van der Waals surface area contributed by atoms with Crippen molar-refractivity contribution in [3.8, 4) is 5.75 Å². The second-order valence-corrected chi connectivity index (χ2v) is 8.37. The van der Waals surface area contributed by atoms with E-state index in [1.54, 1.807) is 6.07 Å². The van der Waals surface area contributed by atoms with Crippen molar-refractivity contribution in [3.63, 3.8) is 0 Å². The number of rotatable bonds is 8. The number of nitrogens with zero attached hydrogens (tertiary/aromatic N) is 3. The van der Waals surface area contributed by atoms with Crippen molar-refractivity contribution < 1.29 is 14.3 Å². The first-order valence-corrected chi connectivity index (χ1v) is 10.9. The molecule has 0 aliphatic carbocycles. The Bertz CT molecular complexity index is 1150. The van der Waals surface area contributed by atoms with Crippen LogP contribution in [-0.4, -0.2) is 53.5 Å². The van der Waals surface area contributed by atoms with Gasteiger partial charge >= 0.3 is 0 Å². The number of ether oxygens (including phenoxy) is 1. The number of fused-ring (bicyclic) bond motifs is 2. The summed E-state index contributed by atoms with van der Waals surface area (Å²) in [5.41, 5.74) is 4.43. The molecule has 0 saturated carbocycles. The molecule has 2 amide bonds. The maximum atomic E-state index is 12.4. The van der Waals surface area contributed by atoms with Gasteiger partial charge in [0.2, 0.25) is 5.91 Å². The van der Waals surface area contributed by atoms with Gasteiger partial charge in [0.1, 0.15) is 11.6 Å². The summed E-state index contributed by atoms with van der Waals surface area (Å²) in [5.74, 6) is 1.25. The molecule has 0 saturated heterocycles. The fourth-order valence-corrected chi connectivity index (χ4v) is 3.94. The lowest BCUT2D eigenvalue weighted by Crippen LogP contribution is -2.21.